The average molecular weight is 307 g/mol. The van der Waals surface area contributed by atoms with Crippen molar-refractivity contribution in [2.75, 3.05) is 6.61 Å². The Morgan fingerprint density at radius 3 is 2.25 bits per heavy atom. The summed E-state index contributed by atoms with van der Waals surface area (Å²) >= 11 is 0.845. The molecule has 0 spiro atoms. The zero-order valence-electron chi connectivity index (χ0n) is 10.6. The van der Waals surface area contributed by atoms with Crippen LogP contribution in [0.4, 0.5) is 0 Å². The summed E-state index contributed by atoms with van der Waals surface area (Å²) in [5, 5.41) is 56.6. The molecule has 5 unspecified atom stereocenters. The lowest BCUT2D eigenvalue weighted by Crippen LogP contribution is -2.47. The summed E-state index contributed by atoms with van der Waals surface area (Å²) in [6, 6.07) is 0. The number of thiazole rings is 1. The van der Waals surface area contributed by atoms with E-state index in [-0.39, 0.29) is 15.7 Å². The second kappa shape index (κ2) is 7.18. The minimum atomic E-state index is -1.88. The highest BCUT2D eigenvalue weighted by molar-refractivity contribution is 7.13. The van der Waals surface area contributed by atoms with Gasteiger partial charge in [0, 0.05) is 13.1 Å². The molecule has 0 radical (unpaired) electrons. The van der Waals surface area contributed by atoms with Gasteiger partial charge in [-0.3, -0.25) is 4.79 Å². The van der Waals surface area contributed by atoms with E-state index in [9.17, 15) is 25.2 Å². The molecule has 0 saturated carbocycles. The molecule has 0 amide bonds. The first-order valence-electron chi connectivity index (χ1n) is 5.77. The predicted octanol–water partition coefficient (Wildman–Crippen LogP) is -2.19. The van der Waals surface area contributed by atoms with Gasteiger partial charge in [0.15, 0.2) is 10.8 Å². The van der Waals surface area contributed by atoms with Crippen LogP contribution in [0.1, 0.15) is 27.7 Å². The fourth-order valence-corrected chi connectivity index (χ4v) is 2.32. The van der Waals surface area contributed by atoms with Gasteiger partial charge in [0.1, 0.15) is 30.5 Å². The number of ketones is 1. The van der Waals surface area contributed by atoms with Crippen molar-refractivity contribution < 1.29 is 35.4 Å². The number of carbonyl (C=O) groups is 1. The third kappa shape index (κ3) is 3.79. The van der Waals surface area contributed by atoms with Crippen LogP contribution in [0, 0.1) is 0 Å². The Hall–Kier alpha value is -0.940. The van der Waals surface area contributed by atoms with Crippen LogP contribution in [0.15, 0.2) is 6.20 Å². The van der Waals surface area contributed by atoms with E-state index in [4.69, 9.17) is 10.2 Å². The SMILES string of the molecule is CC(=O)c1ncc(C(O)C(O)C(O)C(O)C(O)CO)s1. The van der Waals surface area contributed by atoms with Gasteiger partial charge in [0.25, 0.3) is 0 Å². The average Bonchev–Trinajstić information content (AvgIpc) is 2.93. The number of nitrogens with zero attached hydrogens (tertiary/aromatic N) is 1. The Labute approximate surface area is 118 Å². The lowest BCUT2D eigenvalue weighted by molar-refractivity contribution is -0.140. The molecule has 5 atom stereocenters. The summed E-state index contributed by atoms with van der Waals surface area (Å²) in [5.41, 5.74) is 0. The maximum absolute atomic E-state index is 11.1. The van der Waals surface area contributed by atoms with Crippen LogP contribution in [0.3, 0.4) is 0 Å². The Morgan fingerprint density at radius 1 is 1.20 bits per heavy atom. The van der Waals surface area contributed by atoms with Crippen LogP contribution in [-0.4, -0.2) is 72.4 Å². The topological polar surface area (TPSA) is 151 Å². The summed E-state index contributed by atoms with van der Waals surface area (Å²) in [5.74, 6) is -0.306. The van der Waals surface area contributed by atoms with Gasteiger partial charge >= 0.3 is 0 Å². The van der Waals surface area contributed by atoms with Gasteiger partial charge in [-0.25, -0.2) is 4.98 Å². The summed E-state index contributed by atoms with van der Waals surface area (Å²) in [7, 11) is 0. The highest BCUT2D eigenvalue weighted by atomic mass is 32.1. The normalized spacial score (nSPS) is 19.1. The van der Waals surface area contributed by atoms with Crippen molar-refractivity contribution in [2.45, 2.75) is 37.4 Å². The highest BCUT2D eigenvalue weighted by Gasteiger charge is 2.35. The largest absolute Gasteiger partial charge is 0.394 e. The van der Waals surface area contributed by atoms with E-state index < -0.39 is 37.1 Å². The van der Waals surface area contributed by atoms with Gasteiger partial charge in [0.05, 0.1) is 11.5 Å². The third-order valence-electron chi connectivity index (χ3n) is 2.72. The Bertz CT molecular complexity index is 452. The molecule has 6 N–H and O–H groups in total. The standard InChI is InChI=1S/C11H17NO7S/c1-4(14)11-12-2-6(20-11)8(17)10(19)9(18)7(16)5(15)3-13/h2,5,7-10,13,15-19H,3H2,1H3. The molecular weight excluding hydrogens is 290 g/mol. The van der Waals surface area contributed by atoms with E-state index in [1.165, 1.54) is 13.1 Å². The zero-order chi connectivity index (χ0) is 15.4. The maximum atomic E-state index is 11.1. The molecular formula is C11H17NO7S. The van der Waals surface area contributed by atoms with E-state index in [0.717, 1.165) is 11.3 Å². The van der Waals surface area contributed by atoms with Crippen molar-refractivity contribution in [1.29, 1.82) is 0 Å². The minimum Gasteiger partial charge on any atom is -0.394 e. The van der Waals surface area contributed by atoms with Crippen LogP contribution in [0.2, 0.25) is 0 Å². The van der Waals surface area contributed by atoms with Crippen LogP contribution < -0.4 is 0 Å². The van der Waals surface area contributed by atoms with Gasteiger partial charge in [-0.05, 0) is 0 Å². The number of hydrogen-bond donors (Lipinski definition) is 6. The van der Waals surface area contributed by atoms with E-state index >= 15 is 0 Å². The molecule has 20 heavy (non-hydrogen) atoms. The molecule has 0 saturated heterocycles. The molecule has 1 aromatic rings. The van der Waals surface area contributed by atoms with E-state index in [0.29, 0.717) is 0 Å². The molecule has 0 bridgehead atoms. The second-order valence-electron chi connectivity index (χ2n) is 4.29. The van der Waals surface area contributed by atoms with Gasteiger partial charge in [0.2, 0.25) is 0 Å². The lowest BCUT2D eigenvalue weighted by Gasteiger charge is -2.27. The monoisotopic (exact) mass is 307 g/mol. The third-order valence-corrected chi connectivity index (χ3v) is 3.89. The number of Topliss-reactive ketones (excluding diaryl/α,β-unsaturated/α-hetero) is 1. The van der Waals surface area contributed by atoms with Crippen molar-refractivity contribution in [3.05, 3.63) is 16.1 Å². The molecule has 0 aromatic carbocycles. The number of carbonyl (C=O) groups excluding carboxylic acids is 1. The van der Waals surface area contributed by atoms with Crippen LogP contribution in [-0.2, 0) is 0 Å². The lowest BCUT2D eigenvalue weighted by atomic mass is 9.99. The molecule has 9 heteroatoms. The first-order valence-corrected chi connectivity index (χ1v) is 6.59. The first-order chi connectivity index (χ1) is 9.29. The molecule has 0 fully saturated rings. The number of aromatic nitrogens is 1. The first kappa shape index (κ1) is 17.1. The van der Waals surface area contributed by atoms with Crippen LogP contribution in [0.5, 0.6) is 0 Å². The maximum Gasteiger partial charge on any atom is 0.188 e. The van der Waals surface area contributed by atoms with E-state index in [2.05, 4.69) is 4.98 Å². The van der Waals surface area contributed by atoms with Gasteiger partial charge in [-0.15, -0.1) is 11.3 Å². The quantitative estimate of drug-likeness (QED) is 0.311. The molecule has 8 nitrogen and oxygen atoms in total. The second-order valence-corrected chi connectivity index (χ2v) is 5.35. The molecule has 1 aromatic heterocycles. The van der Waals surface area contributed by atoms with E-state index in [1.54, 1.807) is 0 Å². The molecule has 1 rings (SSSR count). The van der Waals surface area contributed by atoms with E-state index in [1.807, 2.05) is 0 Å². The van der Waals surface area contributed by atoms with Crippen molar-refractivity contribution in [2.24, 2.45) is 0 Å². The molecule has 114 valence electrons. The Morgan fingerprint density at radius 2 is 1.80 bits per heavy atom. The zero-order valence-corrected chi connectivity index (χ0v) is 11.4. The number of aliphatic hydroxyl groups excluding tert-OH is 6. The summed E-state index contributed by atoms with van der Waals surface area (Å²) in [6.07, 6.45) is -7.58. The molecule has 0 aliphatic rings. The fraction of sp³-hybridized carbons (Fsp3) is 0.636. The Kier molecular flexibility index (Phi) is 6.14. The summed E-state index contributed by atoms with van der Waals surface area (Å²) in [4.78, 5) is 14.9. The number of aliphatic hydroxyl groups is 6. The summed E-state index contributed by atoms with van der Waals surface area (Å²) in [6.45, 7) is 0.484. The smallest absolute Gasteiger partial charge is 0.188 e. The van der Waals surface area contributed by atoms with Crippen molar-refractivity contribution in [3.63, 3.8) is 0 Å². The van der Waals surface area contributed by atoms with Crippen molar-refractivity contribution >= 4 is 17.1 Å². The van der Waals surface area contributed by atoms with Crippen LogP contribution in [0.25, 0.3) is 0 Å². The highest BCUT2D eigenvalue weighted by Crippen LogP contribution is 2.26. The van der Waals surface area contributed by atoms with Crippen molar-refractivity contribution in [1.82, 2.24) is 4.98 Å². The van der Waals surface area contributed by atoms with Gasteiger partial charge in [-0.1, -0.05) is 0 Å². The molecule has 0 aliphatic carbocycles. The fourth-order valence-electron chi connectivity index (χ4n) is 1.48. The predicted molar refractivity (Wildman–Crippen MR) is 68.2 cm³/mol. The minimum absolute atomic E-state index is 0.132. The number of rotatable bonds is 7. The van der Waals surface area contributed by atoms with Crippen LogP contribution >= 0.6 is 11.3 Å². The molecule has 0 aliphatic heterocycles. The van der Waals surface area contributed by atoms with Gasteiger partial charge < -0.3 is 30.6 Å². The number of hydrogen-bond acceptors (Lipinski definition) is 9. The summed E-state index contributed by atoms with van der Waals surface area (Å²) < 4.78 is 0. The molecule has 1 heterocycles. The van der Waals surface area contributed by atoms with Gasteiger partial charge in [-0.2, -0.15) is 0 Å². The van der Waals surface area contributed by atoms with Crippen molar-refractivity contribution in [3.8, 4) is 0 Å². The Balaban J connectivity index is 2.79.